The number of non-ortho nitro benzene ring substituents is 1. The lowest BCUT2D eigenvalue weighted by Crippen LogP contribution is -2.29. The van der Waals surface area contributed by atoms with E-state index in [0.717, 1.165) is 29.8 Å². The lowest BCUT2D eigenvalue weighted by Gasteiger charge is -2.13. The molecule has 1 aliphatic rings. The summed E-state index contributed by atoms with van der Waals surface area (Å²) in [5.74, 6) is 0.00477. The van der Waals surface area contributed by atoms with Gasteiger partial charge in [-0.3, -0.25) is 14.9 Å². The molecule has 30 heavy (non-hydrogen) atoms. The van der Waals surface area contributed by atoms with E-state index >= 15 is 0 Å². The summed E-state index contributed by atoms with van der Waals surface area (Å²) >= 11 is 0. The van der Waals surface area contributed by atoms with E-state index in [1.54, 1.807) is 6.20 Å². The smallest absolute Gasteiger partial charge is 0.269 e. The van der Waals surface area contributed by atoms with Gasteiger partial charge in [-0.15, -0.1) is 0 Å². The van der Waals surface area contributed by atoms with Gasteiger partial charge in [0.15, 0.2) is 0 Å². The Bertz CT molecular complexity index is 1090. The third-order valence-electron chi connectivity index (χ3n) is 5.30. The summed E-state index contributed by atoms with van der Waals surface area (Å²) < 4.78 is 1.84. The molecule has 1 aliphatic carbocycles. The predicted molar refractivity (Wildman–Crippen MR) is 111 cm³/mol. The molecule has 3 aromatic rings. The summed E-state index contributed by atoms with van der Waals surface area (Å²) in [6.07, 6.45) is 2.64. The van der Waals surface area contributed by atoms with E-state index in [-0.39, 0.29) is 18.1 Å². The van der Waals surface area contributed by atoms with Gasteiger partial charge in [0, 0.05) is 24.6 Å². The van der Waals surface area contributed by atoms with Crippen LogP contribution in [0.3, 0.4) is 0 Å². The minimum Gasteiger partial charge on any atom is -0.387 e. The molecule has 8 nitrogen and oxygen atoms in total. The number of rotatable bonds is 7. The van der Waals surface area contributed by atoms with E-state index in [1.807, 2.05) is 35.9 Å². The Balaban J connectivity index is 1.50. The Morgan fingerprint density at radius 2 is 1.97 bits per heavy atom. The molecule has 0 aliphatic heterocycles. The van der Waals surface area contributed by atoms with Crippen LogP contribution in [0.1, 0.15) is 52.0 Å². The van der Waals surface area contributed by atoms with Crippen LogP contribution in [0.4, 0.5) is 5.69 Å². The first kappa shape index (κ1) is 19.8. The number of aliphatic hydroxyl groups is 1. The van der Waals surface area contributed by atoms with Gasteiger partial charge >= 0.3 is 0 Å². The van der Waals surface area contributed by atoms with Gasteiger partial charge in [-0.25, -0.2) is 4.68 Å². The van der Waals surface area contributed by atoms with Gasteiger partial charge in [0.25, 0.3) is 11.6 Å². The summed E-state index contributed by atoms with van der Waals surface area (Å²) in [6.45, 7) is 2.00. The molecule has 0 saturated heterocycles. The summed E-state index contributed by atoms with van der Waals surface area (Å²) in [5, 5.41) is 28.3. The van der Waals surface area contributed by atoms with Crippen molar-refractivity contribution in [1.82, 2.24) is 15.1 Å². The predicted octanol–water partition coefficient (Wildman–Crippen LogP) is 3.43. The highest BCUT2D eigenvalue weighted by Gasteiger charge is 2.33. The van der Waals surface area contributed by atoms with Crippen LogP contribution in [-0.4, -0.2) is 32.3 Å². The van der Waals surface area contributed by atoms with Crippen molar-refractivity contribution in [2.45, 2.75) is 31.8 Å². The number of nitro groups is 1. The lowest BCUT2D eigenvalue weighted by molar-refractivity contribution is -0.384. The van der Waals surface area contributed by atoms with Crippen LogP contribution in [0, 0.1) is 17.0 Å². The van der Waals surface area contributed by atoms with E-state index in [9.17, 15) is 20.0 Å². The normalized spacial score (nSPS) is 14.3. The highest BCUT2D eigenvalue weighted by molar-refractivity contribution is 5.95. The van der Waals surface area contributed by atoms with Crippen molar-refractivity contribution in [3.8, 4) is 5.69 Å². The molecule has 0 radical (unpaired) electrons. The van der Waals surface area contributed by atoms with Gasteiger partial charge in [0.2, 0.25) is 0 Å². The third-order valence-corrected chi connectivity index (χ3v) is 5.30. The van der Waals surface area contributed by atoms with E-state index in [1.165, 1.54) is 24.3 Å². The standard InChI is InChI=1S/C22H22N4O4/c1-14-4-2-3-5-19(14)25-21(16-6-7-16)18(12-24-25)22(28)23-13-20(27)15-8-10-17(11-9-15)26(29)30/h2-5,8-12,16,20,27H,6-7,13H2,1H3,(H,23,28). The molecular weight excluding hydrogens is 384 g/mol. The molecule has 1 aromatic heterocycles. The number of nitro benzene ring substituents is 1. The molecular formula is C22H22N4O4. The van der Waals surface area contributed by atoms with Gasteiger partial charge in [-0.2, -0.15) is 5.10 Å². The van der Waals surface area contributed by atoms with Crippen molar-refractivity contribution >= 4 is 11.6 Å². The van der Waals surface area contributed by atoms with Crippen LogP contribution < -0.4 is 5.32 Å². The van der Waals surface area contributed by atoms with Crippen molar-refractivity contribution in [1.29, 1.82) is 0 Å². The number of hydrogen-bond acceptors (Lipinski definition) is 5. The Labute approximate surface area is 173 Å². The second kappa shape index (κ2) is 8.08. The van der Waals surface area contributed by atoms with Crippen LogP contribution in [0.5, 0.6) is 0 Å². The molecule has 1 atom stereocenters. The fourth-order valence-electron chi connectivity index (χ4n) is 3.50. The first-order valence-corrected chi connectivity index (χ1v) is 9.80. The third kappa shape index (κ3) is 3.95. The SMILES string of the molecule is Cc1ccccc1-n1ncc(C(=O)NCC(O)c2ccc([N+](=O)[O-])cc2)c1C1CC1. The Hall–Kier alpha value is -3.52. The molecule has 0 bridgehead atoms. The van der Waals surface area contributed by atoms with Crippen LogP contribution in [0.15, 0.2) is 54.7 Å². The highest BCUT2D eigenvalue weighted by Crippen LogP contribution is 2.42. The van der Waals surface area contributed by atoms with Crippen molar-refractivity contribution in [3.63, 3.8) is 0 Å². The first-order chi connectivity index (χ1) is 14.5. The molecule has 2 aromatic carbocycles. The van der Waals surface area contributed by atoms with Gasteiger partial charge in [-0.1, -0.05) is 18.2 Å². The van der Waals surface area contributed by atoms with Crippen LogP contribution in [0.2, 0.25) is 0 Å². The average Bonchev–Trinajstić information content (AvgIpc) is 3.50. The monoisotopic (exact) mass is 406 g/mol. The highest BCUT2D eigenvalue weighted by atomic mass is 16.6. The fourth-order valence-corrected chi connectivity index (χ4v) is 3.50. The van der Waals surface area contributed by atoms with Crippen molar-refractivity contribution < 1.29 is 14.8 Å². The van der Waals surface area contributed by atoms with Gasteiger partial charge in [0.1, 0.15) is 0 Å². The lowest BCUT2D eigenvalue weighted by atomic mass is 10.1. The molecule has 1 saturated carbocycles. The molecule has 8 heteroatoms. The summed E-state index contributed by atoms with van der Waals surface area (Å²) in [4.78, 5) is 23.1. The zero-order valence-corrected chi connectivity index (χ0v) is 16.5. The zero-order chi connectivity index (χ0) is 21.3. The average molecular weight is 406 g/mol. The minimum absolute atomic E-state index is 0.00367. The zero-order valence-electron chi connectivity index (χ0n) is 16.5. The van der Waals surface area contributed by atoms with E-state index in [2.05, 4.69) is 10.4 Å². The van der Waals surface area contributed by atoms with Crippen molar-refractivity contribution in [3.05, 3.63) is 87.2 Å². The fraction of sp³-hybridized carbons (Fsp3) is 0.273. The number of nitrogens with zero attached hydrogens (tertiary/aromatic N) is 3. The first-order valence-electron chi connectivity index (χ1n) is 9.80. The maximum absolute atomic E-state index is 12.8. The van der Waals surface area contributed by atoms with Gasteiger partial charge < -0.3 is 10.4 Å². The number of aryl methyl sites for hydroxylation is 1. The van der Waals surface area contributed by atoms with Crippen LogP contribution in [-0.2, 0) is 0 Å². The second-order valence-electron chi connectivity index (χ2n) is 7.49. The molecule has 1 heterocycles. The van der Waals surface area contributed by atoms with Crippen molar-refractivity contribution in [2.24, 2.45) is 0 Å². The number of amides is 1. The second-order valence-corrected chi connectivity index (χ2v) is 7.49. The Kier molecular flexibility index (Phi) is 5.33. The van der Waals surface area contributed by atoms with Gasteiger partial charge in [-0.05, 0) is 49.1 Å². The summed E-state index contributed by atoms with van der Waals surface area (Å²) in [7, 11) is 0. The minimum atomic E-state index is -0.967. The number of carbonyl (C=O) groups excluding carboxylic acids is 1. The summed E-state index contributed by atoms with van der Waals surface area (Å²) in [5.41, 5.74) is 3.88. The number of benzene rings is 2. The largest absolute Gasteiger partial charge is 0.387 e. The topological polar surface area (TPSA) is 110 Å². The van der Waals surface area contributed by atoms with Gasteiger partial charge in [0.05, 0.1) is 34.2 Å². The number of hydrogen-bond donors (Lipinski definition) is 2. The number of carbonyl (C=O) groups is 1. The number of aliphatic hydroxyl groups excluding tert-OH is 1. The van der Waals surface area contributed by atoms with Crippen LogP contribution in [0.25, 0.3) is 5.69 Å². The maximum Gasteiger partial charge on any atom is 0.269 e. The quantitative estimate of drug-likeness (QED) is 0.461. The molecule has 2 N–H and O–H groups in total. The van der Waals surface area contributed by atoms with Crippen molar-refractivity contribution in [2.75, 3.05) is 6.54 Å². The molecule has 1 unspecified atom stereocenters. The van der Waals surface area contributed by atoms with Crippen LogP contribution >= 0.6 is 0 Å². The van der Waals surface area contributed by atoms with E-state index < -0.39 is 11.0 Å². The molecule has 1 amide bonds. The number of aromatic nitrogens is 2. The maximum atomic E-state index is 12.8. The number of nitrogens with one attached hydrogen (secondary N) is 1. The number of para-hydroxylation sites is 1. The summed E-state index contributed by atoms with van der Waals surface area (Å²) in [6, 6.07) is 13.5. The molecule has 0 spiro atoms. The molecule has 4 rings (SSSR count). The molecule has 1 fully saturated rings. The Morgan fingerprint density at radius 1 is 1.27 bits per heavy atom. The Morgan fingerprint density at radius 3 is 2.60 bits per heavy atom. The van der Waals surface area contributed by atoms with E-state index in [0.29, 0.717) is 17.0 Å². The molecule has 154 valence electrons. The van der Waals surface area contributed by atoms with E-state index in [4.69, 9.17) is 0 Å².